The number of para-hydroxylation sites is 1. The highest BCUT2D eigenvalue weighted by Gasteiger charge is 2.14. The van der Waals surface area contributed by atoms with Crippen LogP contribution in [-0.4, -0.2) is 20.9 Å². The molecule has 5 nitrogen and oxygen atoms in total. The number of nitrogens with zero attached hydrogens (tertiary/aromatic N) is 2. The first kappa shape index (κ1) is 12.2. The van der Waals surface area contributed by atoms with Gasteiger partial charge < -0.3 is 10.4 Å². The summed E-state index contributed by atoms with van der Waals surface area (Å²) in [6.45, 7) is 2.44. The number of carboxylic acid groups (broad SMARTS) is 1. The zero-order valence-corrected chi connectivity index (χ0v) is 10.3. The number of carboxylic acids is 1. The van der Waals surface area contributed by atoms with Gasteiger partial charge in [0.2, 0.25) is 0 Å². The second kappa shape index (κ2) is 4.91. The molecule has 1 heterocycles. The molecule has 2 aromatic rings. The molecular weight excluding hydrogens is 230 g/mol. The molecule has 1 aromatic heterocycles. The van der Waals surface area contributed by atoms with Crippen LogP contribution in [0.3, 0.4) is 0 Å². The zero-order valence-electron chi connectivity index (χ0n) is 10.3. The maximum Gasteiger partial charge on any atom is 0.339 e. The fourth-order valence-corrected chi connectivity index (χ4v) is 1.80. The Bertz CT molecular complexity index is 575. The van der Waals surface area contributed by atoms with E-state index in [9.17, 15) is 4.79 Å². The van der Waals surface area contributed by atoms with Crippen molar-refractivity contribution >= 4 is 11.7 Å². The highest BCUT2D eigenvalue weighted by molar-refractivity contribution is 5.88. The van der Waals surface area contributed by atoms with Crippen LogP contribution in [0.1, 0.15) is 21.6 Å². The standard InChI is InChI=1S/C13H15N3O2/c1-9-5-3-4-6-11(9)14-8-12-10(13(17)18)7-15-16(12)2/h3-7,14H,8H2,1-2H3,(H,17,18). The van der Waals surface area contributed by atoms with Crippen molar-refractivity contribution in [3.63, 3.8) is 0 Å². The lowest BCUT2D eigenvalue weighted by Gasteiger charge is -2.10. The number of aromatic nitrogens is 2. The minimum Gasteiger partial charge on any atom is -0.478 e. The van der Waals surface area contributed by atoms with Crippen LogP contribution >= 0.6 is 0 Å². The van der Waals surface area contributed by atoms with Gasteiger partial charge in [0.15, 0.2) is 0 Å². The van der Waals surface area contributed by atoms with E-state index in [1.54, 1.807) is 11.7 Å². The molecule has 0 aliphatic carbocycles. The maximum atomic E-state index is 11.0. The van der Waals surface area contributed by atoms with Crippen LogP contribution in [0.5, 0.6) is 0 Å². The van der Waals surface area contributed by atoms with Crippen molar-refractivity contribution in [1.82, 2.24) is 9.78 Å². The largest absolute Gasteiger partial charge is 0.478 e. The van der Waals surface area contributed by atoms with E-state index < -0.39 is 5.97 Å². The summed E-state index contributed by atoms with van der Waals surface area (Å²) in [4.78, 5) is 11.0. The van der Waals surface area contributed by atoms with Gasteiger partial charge in [-0.05, 0) is 18.6 Å². The number of aromatic carboxylic acids is 1. The Labute approximate surface area is 105 Å². The Hall–Kier alpha value is -2.30. The number of rotatable bonds is 4. The van der Waals surface area contributed by atoms with E-state index >= 15 is 0 Å². The Morgan fingerprint density at radius 2 is 2.17 bits per heavy atom. The molecule has 0 aliphatic rings. The molecule has 1 aromatic carbocycles. The maximum absolute atomic E-state index is 11.0. The molecule has 0 fully saturated rings. The van der Waals surface area contributed by atoms with Crippen molar-refractivity contribution in [2.24, 2.45) is 7.05 Å². The molecule has 94 valence electrons. The zero-order chi connectivity index (χ0) is 13.1. The molecule has 0 aliphatic heterocycles. The van der Waals surface area contributed by atoms with Crippen molar-refractivity contribution in [2.75, 3.05) is 5.32 Å². The second-order valence-electron chi connectivity index (χ2n) is 4.10. The summed E-state index contributed by atoms with van der Waals surface area (Å²) >= 11 is 0. The number of carbonyl (C=O) groups is 1. The van der Waals surface area contributed by atoms with E-state index in [4.69, 9.17) is 5.11 Å². The van der Waals surface area contributed by atoms with E-state index in [2.05, 4.69) is 10.4 Å². The number of anilines is 1. The molecule has 0 bridgehead atoms. The molecule has 0 saturated heterocycles. The van der Waals surface area contributed by atoms with Gasteiger partial charge in [-0.15, -0.1) is 0 Å². The first-order valence-electron chi connectivity index (χ1n) is 5.63. The molecule has 0 atom stereocenters. The van der Waals surface area contributed by atoms with Gasteiger partial charge >= 0.3 is 5.97 Å². The number of aryl methyl sites for hydroxylation is 2. The molecule has 5 heteroatoms. The SMILES string of the molecule is Cc1ccccc1NCc1c(C(=O)O)cnn1C. The van der Waals surface area contributed by atoms with Crippen molar-refractivity contribution in [2.45, 2.75) is 13.5 Å². The minimum absolute atomic E-state index is 0.235. The van der Waals surface area contributed by atoms with Crippen molar-refractivity contribution in [3.05, 3.63) is 47.3 Å². The minimum atomic E-state index is -0.954. The topological polar surface area (TPSA) is 67.2 Å². The summed E-state index contributed by atoms with van der Waals surface area (Å²) in [5.74, 6) is -0.954. The summed E-state index contributed by atoms with van der Waals surface area (Å²) in [7, 11) is 1.74. The molecule has 2 N–H and O–H groups in total. The van der Waals surface area contributed by atoms with Crippen LogP contribution in [0.25, 0.3) is 0 Å². The highest BCUT2D eigenvalue weighted by Crippen LogP contribution is 2.16. The Morgan fingerprint density at radius 3 is 2.83 bits per heavy atom. The lowest BCUT2D eigenvalue weighted by Crippen LogP contribution is -2.10. The lowest BCUT2D eigenvalue weighted by atomic mass is 10.2. The van der Waals surface area contributed by atoms with E-state index in [0.29, 0.717) is 12.2 Å². The van der Waals surface area contributed by atoms with E-state index in [1.165, 1.54) is 6.20 Å². The molecule has 18 heavy (non-hydrogen) atoms. The smallest absolute Gasteiger partial charge is 0.339 e. The summed E-state index contributed by atoms with van der Waals surface area (Å²) in [6.07, 6.45) is 1.37. The van der Waals surface area contributed by atoms with Gasteiger partial charge in [0.1, 0.15) is 5.56 Å². The lowest BCUT2D eigenvalue weighted by molar-refractivity contribution is 0.0695. The number of hydrogen-bond acceptors (Lipinski definition) is 3. The van der Waals surface area contributed by atoms with Gasteiger partial charge in [0.25, 0.3) is 0 Å². The Morgan fingerprint density at radius 1 is 1.44 bits per heavy atom. The normalized spacial score (nSPS) is 10.3. The summed E-state index contributed by atoms with van der Waals surface area (Å²) in [5.41, 5.74) is 3.01. The fraction of sp³-hybridized carbons (Fsp3) is 0.231. The van der Waals surface area contributed by atoms with E-state index in [-0.39, 0.29) is 5.56 Å². The van der Waals surface area contributed by atoms with Gasteiger partial charge in [-0.2, -0.15) is 5.10 Å². The average molecular weight is 245 g/mol. The fourth-order valence-electron chi connectivity index (χ4n) is 1.80. The third kappa shape index (κ3) is 2.34. The van der Waals surface area contributed by atoms with Crippen LogP contribution in [0, 0.1) is 6.92 Å². The van der Waals surface area contributed by atoms with Crippen LogP contribution in [-0.2, 0) is 13.6 Å². The number of benzene rings is 1. The monoisotopic (exact) mass is 245 g/mol. The third-order valence-electron chi connectivity index (χ3n) is 2.88. The van der Waals surface area contributed by atoms with Gasteiger partial charge in [-0.25, -0.2) is 4.79 Å². The first-order valence-corrected chi connectivity index (χ1v) is 5.63. The van der Waals surface area contributed by atoms with Gasteiger partial charge in [-0.1, -0.05) is 18.2 Å². The van der Waals surface area contributed by atoms with Crippen LogP contribution in [0.15, 0.2) is 30.5 Å². The highest BCUT2D eigenvalue weighted by atomic mass is 16.4. The summed E-state index contributed by atoms with van der Waals surface area (Å²) in [6, 6.07) is 7.87. The molecule has 0 spiro atoms. The van der Waals surface area contributed by atoms with Crippen LogP contribution in [0.4, 0.5) is 5.69 Å². The van der Waals surface area contributed by atoms with Crippen molar-refractivity contribution < 1.29 is 9.90 Å². The van der Waals surface area contributed by atoms with Gasteiger partial charge in [0.05, 0.1) is 18.4 Å². The molecule has 0 unspecified atom stereocenters. The summed E-state index contributed by atoms with van der Waals surface area (Å²) in [5, 5.41) is 16.2. The third-order valence-corrected chi connectivity index (χ3v) is 2.88. The predicted octanol–water partition coefficient (Wildman–Crippen LogP) is 2.04. The predicted molar refractivity (Wildman–Crippen MR) is 68.7 cm³/mol. The molecular formula is C13H15N3O2. The second-order valence-corrected chi connectivity index (χ2v) is 4.10. The molecule has 0 radical (unpaired) electrons. The summed E-state index contributed by atoms with van der Waals surface area (Å²) < 4.78 is 1.58. The first-order chi connectivity index (χ1) is 8.59. The average Bonchev–Trinajstić information content (AvgIpc) is 2.70. The van der Waals surface area contributed by atoms with Crippen LogP contribution in [0.2, 0.25) is 0 Å². The number of nitrogens with one attached hydrogen (secondary N) is 1. The van der Waals surface area contributed by atoms with Crippen molar-refractivity contribution in [1.29, 1.82) is 0 Å². The van der Waals surface area contributed by atoms with Gasteiger partial charge in [-0.3, -0.25) is 4.68 Å². The molecule has 2 rings (SSSR count). The molecule has 0 amide bonds. The van der Waals surface area contributed by atoms with Gasteiger partial charge in [0, 0.05) is 12.7 Å². The Balaban J connectivity index is 2.18. The van der Waals surface area contributed by atoms with E-state index in [1.807, 2.05) is 31.2 Å². The van der Waals surface area contributed by atoms with E-state index in [0.717, 1.165) is 11.3 Å². The van der Waals surface area contributed by atoms with Crippen molar-refractivity contribution in [3.8, 4) is 0 Å². The number of hydrogen-bond donors (Lipinski definition) is 2. The molecule has 0 saturated carbocycles. The Kier molecular flexibility index (Phi) is 3.32. The van der Waals surface area contributed by atoms with Crippen LogP contribution < -0.4 is 5.32 Å². The quantitative estimate of drug-likeness (QED) is 0.865.